The smallest absolute Gasteiger partial charge is 0.253 e. The lowest BCUT2D eigenvalue weighted by Crippen LogP contribution is -2.50. The number of nitrogens with one attached hydrogen (secondary N) is 1. The molecule has 1 N–H and O–H groups in total. The highest BCUT2D eigenvalue weighted by Gasteiger charge is 2.32. The van der Waals surface area contributed by atoms with Crippen molar-refractivity contribution >= 4 is 11.8 Å². The van der Waals surface area contributed by atoms with Crippen molar-refractivity contribution in [2.45, 2.75) is 76.8 Å². The number of carbonyl (C=O) groups excluding carboxylic acids is 2. The van der Waals surface area contributed by atoms with Gasteiger partial charge in [0.2, 0.25) is 5.91 Å². The molecule has 1 aromatic rings. The largest absolute Gasteiger partial charge is 0.353 e. The number of nitrogens with zero attached hydrogens (tertiary/aromatic N) is 2. The summed E-state index contributed by atoms with van der Waals surface area (Å²) < 4.78 is 0. The van der Waals surface area contributed by atoms with Gasteiger partial charge in [-0.2, -0.15) is 0 Å². The number of carbonyl (C=O) groups is 2. The average Bonchev–Trinajstić information content (AvgIpc) is 2.80. The van der Waals surface area contributed by atoms with Crippen molar-refractivity contribution in [2.24, 2.45) is 5.92 Å². The summed E-state index contributed by atoms with van der Waals surface area (Å²) >= 11 is 0. The maximum Gasteiger partial charge on any atom is 0.253 e. The highest BCUT2D eigenvalue weighted by Crippen LogP contribution is 2.26. The van der Waals surface area contributed by atoms with Crippen molar-refractivity contribution in [1.29, 1.82) is 0 Å². The maximum atomic E-state index is 12.7. The minimum absolute atomic E-state index is 0.159. The zero-order valence-electron chi connectivity index (χ0n) is 18.4. The van der Waals surface area contributed by atoms with Gasteiger partial charge in [0.15, 0.2) is 0 Å². The molecule has 1 saturated carbocycles. The molecule has 0 radical (unpaired) electrons. The van der Waals surface area contributed by atoms with E-state index < -0.39 is 0 Å². The van der Waals surface area contributed by atoms with E-state index in [1.165, 1.54) is 24.8 Å². The highest BCUT2D eigenvalue weighted by atomic mass is 16.2. The summed E-state index contributed by atoms with van der Waals surface area (Å²) in [6.07, 6.45) is 10.2. The number of hydrogen-bond acceptors (Lipinski definition) is 3. The Labute approximate surface area is 181 Å². The van der Waals surface area contributed by atoms with Gasteiger partial charge in [-0.1, -0.05) is 37.0 Å². The van der Waals surface area contributed by atoms with Gasteiger partial charge in [-0.05, 0) is 70.7 Å². The Kier molecular flexibility index (Phi) is 7.08. The van der Waals surface area contributed by atoms with Crippen molar-refractivity contribution < 1.29 is 9.59 Å². The molecule has 0 bridgehead atoms. The first-order valence-electron chi connectivity index (χ1n) is 12.0. The number of hydrogen-bond donors (Lipinski definition) is 1. The summed E-state index contributed by atoms with van der Waals surface area (Å²) in [5.74, 6) is 0.637. The van der Waals surface area contributed by atoms with Crippen LogP contribution in [0.2, 0.25) is 0 Å². The predicted octanol–water partition coefficient (Wildman–Crippen LogP) is 3.76. The van der Waals surface area contributed by atoms with Gasteiger partial charge in [-0.3, -0.25) is 9.59 Å². The maximum absolute atomic E-state index is 12.7. The van der Waals surface area contributed by atoms with Crippen molar-refractivity contribution in [3.63, 3.8) is 0 Å². The lowest BCUT2D eigenvalue weighted by Gasteiger charge is -2.41. The van der Waals surface area contributed by atoms with Crippen molar-refractivity contribution in [1.82, 2.24) is 15.1 Å². The number of benzene rings is 1. The molecule has 5 heteroatoms. The van der Waals surface area contributed by atoms with Crippen LogP contribution in [-0.4, -0.2) is 59.9 Å². The van der Waals surface area contributed by atoms with E-state index in [1.54, 1.807) is 0 Å². The van der Waals surface area contributed by atoms with Crippen LogP contribution in [-0.2, 0) is 4.79 Å². The molecular weight excluding hydrogens is 374 g/mol. The van der Waals surface area contributed by atoms with Gasteiger partial charge in [0.1, 0.15) is 0 Å². The van der Waals surface area contributed by atoms with Crippen LogP contribution in [0.15, 0.2) is 24.3 Å². The second kappa shape index (κ2) is 9.95. The number of likely N-dealkylation sites (tertiary alicyclic amines) is 2. The Balaban J connectivity index is 1.20. The highest BCUT2D eigenvalue weighted by molar-refractivity contribution is 5.94. The lowest BCUT2D eigenvalue weighted by molar-refractivity contribution is -0.127. The summed E-state index contributed by atoms with van der Waals surface area (Å²) in [7, 11) is 0. The van der Waals surface area contributed by atoms with Gasteiger partial charge in [0.25, 0.3) is 5.91 Å². The molecule has 3 aliphatic rings. The minimum Gasteiger partial charge on any atom is -0.353 e. The van der Waals surface area contributed by atoms with Gasteiger partial charge in [-0.15, -0.1) is 0 Å². The first-order valence-corrected chi connectivity index (χ1v) is 12.0. The van der Waals surface area contributed by atoms with Crippen LogP contribution in [0.4, 0.5) is 0 Å². The van der Waals surface area contributed by atoms with E-state index in [9.17, 15) is 9.59 Å². The third-order valence-corrected chi connectivity index (χ3v) is 7.42. The van der Waals surface area contributed by atoms with Crippen LogP contribution in [0.25, 0.3) is 0 Å². The molecule has 2 heterocycles. The molecule has 1 aliphatic carbocycles. The Morgan fingerprint density at radius 2 is 1.47 bits per heavy atom. The van der Waals surface area contributed by atoms with Crippen LogP contribution in [0.1, 0.15) is 73.7 Å². The number of piperidine rings is 2. The number of amides is 2. The van der Waals surface area contributed by atoms with E-state index in [1.807, 2.05) is 36.1 Å². The van der Waals surface area contributed by atoms with Gasteiger partial charge in [0, 0.05) is 36.7 Å². The van der Waals surface area contributed by atoms with Crippen LogP contribution in [0.5, 0.6) is 0 Å². The summed E-state index contributed by atoms with van der Waals surface area (Å²) in [5.41, 5.74) is 1.98. The molecule has 3 fully saturated rings. The molecule has 2 aliphatic heterocycles. The third-order valence-electron chi connectivity index (χ3n) is 7.42. The molecule has 5 nitrogen and oxygen atoms in total. The van der Waals surface area contributed by atoms with Crippen LogP contribution in [0.3, 0.4) is 0 Å². The van der Waals surface area contributed by atoms with Crippen molar-refractivity contribution in [3.8, 4) is 0 Å². The third kappa shape index (κ3) is 5.23. The van der Waals surface area contributed by atoms with Crippen LogP contribution in [0, 0.1) is 12.8 Å². The first-order chi connectivity index (χ1) is 14.6. The fraction of sp³-hybridized carbons (Fsp3) is 0.680. The van der Waals surface area contributed by atoms with Gasteiger partial charge < -0.3 is 15.1 Å². The zero-order chi connectivity index (χ0) is 20.9. The second-order valence-electron chi connectivity index (χ2n) is 9.54. The Morgan fingerprint density at radius 3 is 2.10 bits per heavy atom. The monoisotopic (exact) mass is 411 g/mol. The van der Waals surface area contributed by atoms with Crippen molar-refractivity contribution in [2.75, 3.05) is 26.2 Å². The Morgan fingerprint density at radius 1 is 0.833 bits per heavy atom. The summed E-state index contributed by atoms with van der Waals surface area (Å²) in [4.78, 5) is 30.0. The normalized spacial score (nSPS) is 22.8. The average molecular weight is 412 g/mol. The van der Waals surface area contributed by atoms with Crippen LogP contribution < -0.4 is 5.32 Å². The SMILES string of the molecule is Cc1ccc(C(=O)N2CCC(N3CCC(C(=O)NC4CCCCC4)CC3)CC2)cc1. The van der Waals surface area contributed by atoms with Crippen LogP contribution >= 0.6 is 0 Å². The molecule has 4 rings (SSSR count). The van der Waals surface area contributed by atoms with E-state index in [-0.39, 0.29) is 11.8 Å². The van der Waals surface area contributed by atoms with E-state index in [0.717, 1.165) is 70.3 Å². The molecule has 30 heavy (non-hydrogen) atoms. The van der Waals surface area contributed by atoms with E-state index >= 15 is 0 Å². The number of rotatable bonds is 4. The van der Waals surface area contributed by atoms with Gasteiger partial charge in [-0.25, -0.2) is 0 Å². The van der Waals surface area contributed by atoms with E-state index in [2.05, 4.69) is 10.2 Å². The van der Waals surface area contributed by atoms with E-state index in [0.29, 0.717) is 18.0 Å². The molecule has 164 valence electrons. The van der Waals surface area contributed by atoms with E-state index in [4.69, 9.17) is 0 Å². The Bertz CT molecular complexity index is 710. The Hall–Kier alpha value is -1.88. The van der Waals surface area contributed by atoms with Gasteiger partial charge >= 0.3 is 0 Å². The molecule has 1 aromatic carbocycles. The molecule has 2 saturated heterocycles. The standard InChI is InChI=1S/C25H37N3O2/c1-19-7-9-21(10-8-19)25(30)28-17-13-23(14-18-28)27-15-11-20(12-16-27)24(29)26-22-5-3-2-4-6-22/h7-10,20,22-23H,2-6,11-18H2,1H3,(H,26,29). The fourth-order valence-corrected chi connectivity index (χ4v) is 5.41. The molecule has 0 spiro atoms. The molecular formula is C25H37N3O2. The fourth-order valence-electron chi connectivity index (χ4n) is 5.41. The summed E-state index contributed by atoms with van der Waals surface area (Å²) in [6, 6.07) is 8.86. The first kappa shape index (κ1) is 21.4. The predicted molar refractivity (Wildman–Crippen MR) is 119 cm³/mol. The lowest BCUT2D eigenvalue weighted by atomic mass is 9.91. The molecule has 0 atom stereocenters. The van der Waals surface area contributed by atoms with Gasteiger partial charge in [0.05, 0.1) is 0 Å². The number of aryl methyl sites for hydroxylation is 1. The topological polar surface area (TPSA) is 52.7 Å². The zero-order valence-corrected chi connectivity index (χ0v) is 18.4. The quantitative estimate of drug-likeness (QED) is 0.821. The summed E-state index contributed by atoms with van der Waals surface area (Å²) in [5, 5.41) is 3.32. The summed E-state index contributed by atoms with van der Waals surface area (Å²) in [6.45, 7) is 5.74. The second-order valence-corrected chi connectivity index (χ2v) is 9.54. The molecule has 0 aromatic heterocycles. The minimum atomic E-state index is 0.159. The molecule has 0 unspecified atom stereocenters. The van der Waals surface area contributed by atoms with Crippen molar-refractivity contribution in [3.05, 3.63) is 35.4 Å². The molecule has 2 amide bonds.